The van der Waals surface area contributed by atoms with Crippen LogP contribution in [0, 0.1) is 25.6 Å². The van der Waals surface area contributed by atoms with E-state index in [4.69, 9.17) is 11.6 Å². The summed E-state index contributed by atoms with van der Waals surface area (Å²) in [4.78, 5) is 30.3. The second-order valence-electron chi connectivity index (χ2n) is 7.88. The summed E-state index contributed by atoms with van der Waals surface area (Å²) in [5.41, 5.74) is 5.01. The van der Waals surface area contributed by atoms with E-state index in [-0.39, 0.29) is 28.9 Å². The van der Waals surface area contributed by atoms with Gasteiger partial charge in [0.25, 0.3) is 0 Å². The second-order valence-corrected chi connectivity index (χ2v) is 8.29. The maximum absolute atomic E-state index is 13.5. The minimum absolute atomic E-state index is 0.0329. The maximum atomic E-state index is 13.5. The van der Waals surface area contributed by atoms with Gasteiger partial charge in [0.1, 0.15) is 17.5 Å². The first-order valence-electron chi connectivity index (χ1n) is 9.88. The molecule has 30 heavy (non-hydrogen) atoms. The Bertz CT molecular complexity index is 1120. The van der Waals surface area contributed by atoms with Gasteiger partial charge >= 0.3 is 0 Å². The standard InChI is InChI=1S/C25H21ClFNO2/c1-14-9-17(16-6-7-21(27)20(26)12-16)10-15(2)23(14)24-22(29)13-18(25(24)30)11-19-5-3-4-8-28-19/h3-10,12,18,24H,11,13H2,1-2H3. The van der Waals surface area contributed by atoms with Crippen molar-refractivity contribution in [2.24, 2.45) is 5.92 Å². The first kappa shape index (κ1) is 20.4. The summed E-state index contributed by atoms with van der Waals surface area (Å²) in [7, 11) is 0. The molecule has 2 atom stereocenters. The van der Waals surface area contributed by atoms with Crippen molar-refractivity contribution in [1.29, 1.82) is 0 Å². The number of halogens is 2. The lowest BCUT2D eigenvalue weighted by atomic mass is 9.85. The first-order valence-corrected chi connectivity index (χ1v) is 10.3. The summed E-state index contributed by atoms with van der Waals surface area (Å²) in [5, 5.41) is 0.0606. The topological polar surface area (TPSA) is 47.0 Å². The molecule has 1 aliphatic rings. The lowest BCUT2D eigenvalue weighted by molar-refractivity contribution is -0.124. The van der Waals surface area contributed by atoms with Crippen LogP contribution in [0.25, 0.3) is 11.1 Å². The average molecular weight is 422 g/mol. The summed E-state index contributed by atoms with van der Waals surface area (Å²) < 4.78 is 13.5. The molecule has 0 spiro atoms. The van der Waals surface area contributed by atoms with Gasteiger partial charge in [0.05, 0.1) is 5.02 Å². The molecule has 1 saturated carbocycles. The van der Waals surface area contributed by atoms with E-state index in [0.717, 1.165) is 33.5 Å². The van der Waals surface area contributed by atoms with E-state index in [0.29, 0.717) is 6.42 Å². The van der Waals surface area contributed by atoms with Gasteiger partial charge < -0.3 is 0 Å². The van der Waals surface area contributed by atoms with Gasteiger partial charge in [-0.25, -0.2) is 4.39 Å². The number of aryl methyl sites for hydroxylation is 2. The number of benzene rings is 2. The third-order valence-corrected chi connectivity index (χ3v) is 6.06. The summed E-state index contributed by atoms with van der Waals surface area (Å²) in [6.45, 7) is 3.81. The summed E-state index contributed by atoms with van der Waals surface area (Å²) in [6.07, 6.45) is 2.42. The Morgan fingerprint density at radius 1 is 1.03 bits per heavy atom. The summed E-state index contributed by atoms with van der Waals surface area (Å²) in [6, 6.07) is 14.0. The molecule has 152 valence electrons. The van der Waals surface area contributed by atoms with Gasteiger partial charge in [-0.15, -0.1) is 0 Å². The number of pyridine rings is 1. The molecule has 1 heterocycles. The monoisotopic (exact) mass is 421 g/mol. The Morgan fingerprint density at radius 2 is 1.77 bits per heavy atom. The van der Waals surface area contributed by atoms with Crippen molar-refractivity contribution >= 4 is 23.2 Å². The molecular weight excluding hydrogens is 401 g/mol. The highest BCUT2D eigenvalue weighted by atomic mass is 35.5. The van der Waals surface area contributed by atoms with Crippen molar-refractivity contribution in [1.82, 2.24) is 4.98 Å². The van der Waals surface area contributed by atoms with Crippen molar-refractivity contribution < 1.29 is 14.0 Å². The predicted molar refractivity (Wildman–Crippen MR) is 115 cm³/mol. The Kier molecular flexibility index (Phi) is 5.52. The quantitative estimate of drug-likeness (QED) is 0.512. The Morgan fingerprint density at radius 3 is 2.40 bits per heavy atom. The fourth-order valence-electron chi connectivity index (χ4n) is 4.38. The molecule has 1 aliphatic carbocycles. The lowest BCUT2D eigenvalue weighted by Crippen LogP contribution is -2.19. The largest absolute Gasteiger partial charge is 0.298 e. The number of Topliss-reactive ketones (excluding diaryl/α,β-unsaturated/α-hetero) is 2. The zero-order valence-corrected chi connectivity index (χ0v) is 17.5. The molecule has 2 unspecified atom stereocenters. The number of ketones is 2. The van der Waals surface area contributed by atoms with Crippen molar-refractivity contribution in [3.8, 4) is 11.1 Å². The van der Waals surface area contributed by atoms with Crippen molar-refractivity contribution in [3.05, 3.63) is 88.0 Å². The number of aromatic nitrogens is 1. The molecule has 0 aliphatic heterocycles. The molecule has 3 nitrogen and oxygen atoms in total. The van der Waals surface area contributed by atoms with Gasteiger partial charge in [-0.2, -0.15) is 0 Å². The van der Waals surface area contributed by atoms with Crippen LogP contribution < -0.4 is 0 Å². The molecule has 0 radical (unpaired) electrons. The van der Waals surface area contributed by atoms with Crippen LogP contribution in [0.4, 0.5) is 4.39 Å². The van der Waals surface area contributed by atoms with E-state index in [1.54, 1.807) is 18.3 Å². The SMILES string of the molecule is Cc1cc(-c2ccc(F)c(Cl)c2)cc(C)c1C1C(=O)CC(Cc2ccccn2)C1=O. The van der Waals surface area contributed by atoms with Gasteiger partial charge in [0.2, 0.25) is 0 Å². The fraction of sp³-hybridized carbons (Fsp3) is 0.240. The van der Waals surface area contributed by atoms with Crippen molar-refractivity contribution in [3.63, 3.8) is 0 Å². The van der Waals surface area contributed by atoms with E-state index in [1.807, 2.05) is 44.2 Å². The van der Waals surface area contributed by atoms with Gasteiger partial charge in [-0.05, 0) is 72.4 Å². The molecular formula is C25H21ClFNO2. The van der Waals surface area contributed by atoms with Crippen LogP contribution in [-0.2, 0) is 16.0 Å². The maximum Gasteiger partial charge on any atom is 0.151 e. The van der Waals surface area contributed by atoms with Crippen molar-refractivity contribution in [2.45, 2.75) is 32.6 Å². The normalized spacial score (nSPS) is 18.8. The molecule has 5 heteroatoms. The van der Waals surface area contributed by atoms with Crippen LogP contribution in [0.3, 0.4) is 0 Å². The number of rotatable bonds is 4. The van der Waals surface area contributed by atoms with E-state index < -0.39 is 11.7 Å². The van der Waals surface area contributed by atoms with Crippen LogP contribution in [0.15, 0.2) is 54.7 Å². The molecule has 3 aromatic rings. The van der Waals surface area contributed by atoms with Crippen LogP contribution in [0.5, 0.6) is 0 Å². The van der Waals surface area contributed by atoms with E-state index >= 15 is 0 Å². The molecule has 1 aromatic heterocycles. The van der Waals surface area contributed by atoms with E-state index in [9.17, 15) is 14.0 Å². The van der Waals surface area contributed by atoms with Gasteiger partial charge in [-0.3, -0.25) is 14.6 Å². The predicted octanol–water partition coefficient (Wildman–Crippen LogP) is 5.64. The fourth-order valence-corrected chi connectivity index (χ4v) is 4.56. The molecule has 2 aromatic carbocycles. The van der Waals surface area contributed by atoms with Gasteiger partial charge in [0.15, 0.2) is 5.78 Å². The lowest BCUT2D eigenvalue weighted by Gasteiger charge is -2.17. The number of hydrogen-bond acceptors (Lipinski definition) is 3. The van der Waals surface area contributed by atoms with Gasteiger partial charge in [0, 0.05) is 24.2 Å². The molecule has 0 amide bonds. The van der Waals surface area contributed by atoms with Crippen LogP contribution in [0.2, 0.25) is 5.02 Å². The number of carbonyl (C=O) groups excluding carboxylic acids is 2. The van der Waals surface area contributed by atoms with Gasteiger partial charge in [-0.1, -0.05) is 35.9 Å². The number of carbonyl (C=O) groups is 2. The summed E-state index contributed by atoms with van der Waals surface area (Å²) >= 11 is 5.93. The molecule has 0 N–H and O–H groups in total. The zero-order valence-electron chi connectivity index (χ0n) is 16.8. The highest BCUT2D eigenvalue weighted by Crippen LogP contribution is 2.38. The minimum atomic E-state index is -0.732. The average Bonchev–Trinajstić information content (AvgIpc) is 2.98. The Balaban J connectivity index is 1.66. The smallest absolute Gasteiger partial charge is 0.151 e. The minimum Gasteiger partial charge on any atom is -0.298 e. The van der Waals surface area contributed by atoms with E-state index in [1.165, 1.54) is 6.07 Å². The number of hydrogen-bond donors (Lipinski definition) is 0. The highest BCUT2D eigenvalue weighted by molar-refractivity contribution is 6.31. The van der Waals surface area contributed by atoms with E-state index in [2.05, 4.69) is 4.98 Å². The second kappa shape index (κ2) is 8.11. The molecule has 0 saturated heterocycles. The van der Waals surface area contributed by atoms with Crippen LogP contribution >= 0.6 is 11.6 Å². The zero-order chi connectivity index (χ0) is 21.4. The first-order chi connectivity index (χ1) is 14.3. The molecule has 0 bridgehead atoms. The van der Waals surface area contributed by atoms with Crippen LogP contribution in [0.1, 0.15) is 34.7 Å². The third kappa shape index (κ3) is 3.80. The highest BCUT2D eigenvalue weighted by Gasteiger charge is 2.43. The third-order valence-electron chi connectivity index (χ3n) is 5.77. The summed E-state index contributed by atoms with van der Waals surface area (Å²) in [5.74, 6) is -1.61. The Hall–Kier alpha value is -2.85. The Labute approximate surface area is 179 Å². The molecule has 4 rings (SSSR count). The van der Waals surface area contributed by atoms with Crippen molar-refractivity contribution in [2.75, 3.05) is 0 Å². The van der Waals surface area contributed by atoms with Crippen LogP contribution in [-0.4, -0.2) is 16.6 Å². The number of nitrogens with zero attached hydrogens (tertiary/aromatic N) is 1. The molecule has 1 fully saturated rings.